The van der Waals surface area contributed by atoms with Gasteiger partial charge in [-0.1, -0.05) is 32.9 Å². The lowest BCUT2D eigenvalue weighted by atomic mass is 9.88. The Morgan fingerprint density at radius 3 is 2.48 bits per heavy atom. The van der Waals surface area contributed by atoms with Gasteiger partial charge in [-0.25, -0.2) is 14.2 Å². The molecule has 0 aliphatic heterocycles. The largest absolute Gasteiger partial charge is 0.477 e. The van der Waals surface area contributed by atoms with Crippen molar-refractivity contribution in [3.05, 3.63) is 53.5 Å². The summed E-state index contributed by atoms with van der Waals surface area (Å²) in [6.45, 7) is 6.17. The highest BCUT2D eigenvalue weighted by Gasteiger charge is 2.18. The molecule has 21 heavy (non-hydrogen) atoms. The van der Waals surface area contributed by atoms with Crippen LogP contribution in [0.4, 0.5) is 4.39 Å². The molecule has 2 rings (SSSR count). The summed E-state index contributed by atoms with van der Waals surface area (Å²) in [5, 5.41) is 9.03. The van der Waals surface area contributed by atoms with Gasteiger partial charge in [0, 0.05) is 12.3 Å². The number of carboxylic acid groups (broad SMARTS) is 1. The Morgan fingerprint density at radius 1 is 1.24 bits per heavy atom. The van der Waals surface area contributed by atoms with Crippen LogP contribution in [0.3, 0.4) is 0 Å². The zero-order valence-electron chi connectivity index (χ0n) is 12.1. The number of aromatic nitrogens is 1. The fraction of sp³-hybridized carbons (Fsp3) is 0.250. The molecule has 0 unspecified atom stereocenters. The number of aromatic carboxylic acids is 1. The van der Waals surface area contributed by atoms with E-state index >= 15 is 0 Å². The predicted molar refractivity (Wildman–Crippen MR) is 76.4 cm³/mol. The maximum Gasteiger partial charge on any atom is 0.342 e. The molecule has 0 saturated heterocycles. The van der Waals surface area contributed by atoms with Crippen LogP contribution in [0.1, 0.15) is 36.7 Å². The van der Waals surface area contributed by atoms with Gasteiger partial charge in [-0.3, -0.25) is 0 Å². The molecule has 0 saturated carbocycles. The van der Waals surface area contributed by atoms with Crippen molar-refractivity contribution < 1.29 is 19.0 Å². The van der Waals surface area contributed by atoms with Crippen LogP contribution in [-0.2, 0) is 5.41 Å². The zero-order valence-corrected chi connectivity index (χ0v) is 12.1. The Hall–Kier alpha value is -2.43. The Morgan fingerprint density at radius 2 is 1.95 bits per heavy atom. The van der Waals surface area contributed by atoms with Crippen LogP contribution in [0.5, 0.6) is 11.6 Å². The van der Waals surface area contributed by atoms with Crippen LogP contribution in [-0.4, -0.2) is 16.1 Å². The number of carboxylic acids is 1. The average Bonchev–Trinajstić information content (AvgIpc) is 2.38. The number of hydrogen-bond donors (Lipinski definition) is 1. The second kappa shape index (κ2) is 5.52. The number of hydrogen-bond acceptors (Lipinski definition) is 3. The van der Waals surface area contributed by atoms with Crippen LogP contribution in [0.2, 0.25) is 0 Å². The summed E-state index contributed by atoms with van der Waals surface area (Å²) in [6, 6.07) is 7.35. The Bertz CT molecular complexity index is 660. The van der Waals surface area contributed by atoms with Crippen LogP contribution in [0.25, 0.3) is 0 Å². The van der Waals surface area contributed by atoms with Gasteiger partial charge < -0.3 is 9.84 Å². The van der Waals surface area contributed by atoms with E-state index in [2.05, 4.69) is 25.8 Å². The number of nitrogens with zero attached hydrogens (tertiary/aromatic N) is 1. The van der Waals surface area contributed by atoms with Gasteiger partial charge in [-0.2, -0.15) is 0 Å². The van der Waals surface area contributed by atoms with E-state index in [0.29, 0.717) is 0 Å². The summed E-state index contributed by atoms with van der Waals surface area (Å²) < 4.78 is 18.9. The van der Waals surface area contributed by atoms with E-state index in [-0.39, 0.29) is 17.0 Å². The number of rotatable bonds is 3. The van der Waals surface area contributed by atoms with Crippen molar-refractivity contribution in [2.24, 2.45) is 0 Å². The number of benzene rings is 1. The predicted octanol–water partition coefficient (Wildman–Crippen LogP) is 4.01. The van der Waals surface area contributed by atoms with Crippen LogP contribution in [0.15, 0.2) is 36.5 Å². The molecule has 1 aromatic heterocycles. The lowest BCUT2D eigenvalue weighted by Crippen LogP contribution is -2.11. The molecule has 0 bridgehead atoms. The maximum atomic E-state index is 13.5. The molecule has 0 fully saturated rings. The molecule has 0 spiro atoms. The molecule has 0 radical (unpaired) electrons. The smallest absolute Gasteiger partial charge is 0.342 e. The van der Waals surface area contributed by atoms with Gasteiger partial charge >= 0.3 is 5.97 Å². The summed E-state index contributed by atoms with van der Waals surface area (Å²) in [4.78, 5) is 15.2. The van der Waals surface area contributed by atoms with Gasteiger partial charge in [0.05, 0.1) is 0 Å². The van der Waals surface area contributed by atoms with Crippen molar-refractivity contribution in [3.8, 4) is 11.6 Å². The SMILES string of the molecule is CC(C)(C)c1ccc(Oc2cccc(F)c2C(=O)O)nc1. The minimum absolute atomic E-state index is 0.0450. The molecule has 0 aliphatic rings. The molecule has 2 aromatic rings. The quantitative estimate of drug-likeness (QED) is 0.927. The Labute approximate surface area is 122 Å². The monoisotopic (exact) mass is 289 g/mol. The fourth-order valence-electron chi connectivity index (χ4n) is 1.79. The van der Waals surface area contributed by atoms with E-state index in [1.165, 1.54) is 12.1 Å². The van der Waals surface area contributed by atoms with Gasteiger partial charge in [0.25, 0.3) is 0 Å². The minimum Gasteiger partial charge on any atom is -0.477 e. The van der Waals surface area contributed by atoms with Crippen LogP contribution >= 0.6 is 0 Å². The van der Waals surface area contributed by atoms with E-state index in [1.807, 2.05) is 6.07 Å². The van der Waals surface area contributed by atoms with Gasteiger partial charge in [0.15, 0.2) is 0 Å². The van der Waals surface area contributed by atoms with E-state index in [1.54, 1.807) is 12.3 Å². The first-order valence-corrected chi connectivity index (χ1v) is 6.45. The second-order valence-corrected chi connectivity index (χ2v) is 5.66. The third kappa shape index (κ3) is 3.37. The van der Waals surface area contributed by atoms with Crippen molar-refractivity contribution in [1.29, 1.82) is 0 Å². The fourth-order valence-corrected chi connectivity index (χ4v) is 1.79. The highest BCUT2D eigenvalue weighted by atomic mass is 19.1. The van der Waals surface area contributed by atoms with Crippen LogP contribution < -0.4 is 4.74 Å². The Kier molecular flexibility index (Phi) is 3.93. The van der Waals surface area contributed by atoms with Crippen molar-refractivity contribution in [2.45, 2.75) is 26.2 Å². The highest BCUT2D eigenvalue weighted by molar-refractivity contribution is 5.91. The first-order chi connectivity index (χ1) is 9.79. The molecular formula is C16H16FNO3. The highest BCUT2D eigenvalue weighted by Crippen LogP contribution is 2.28. The summed E-state index contributed by atoms with van der Waals surface area (Å²) >= 11 is 0. The zero-order chi connectivity index (χ0) is 15.6. The van der Waals surface area contributed by atoms with E-state index < -0.39 is 17.3 Å². The first-order valence-electron chi connectivity index (χ1n) is 6.45. The first kappa shape index (κ1) is 15.0. The van der Waals surface area contributed by atoms with Gasteiger partial charge in [0.2, 0.25) is 5.88 Å². The molecular weight excluding hydrogens is 273 g/mol. The summed E-state index contributed by atoms with van der Waals surface area (Å²) in [5.41, 5.74) is 0.475. The molecule has 1 heterocycles. The normalized spacial score (nSPS) is 11.2. The van der Waals surface area contributed by atoms with Crippen molar-refractivity contribution in [3.63, 3.8) is 0 Å². The molecule has 0 atom stereocenters. The molecule has 0 amide bonds. The van der Waals surface area contributed by atoms with Crippen LogP contribution in [0, 0.1) is 5.82 Å². The van der Waals surface area contributed by atoms with E-state index in [0.717, 1.165) is 11.6 Å². The summed E-state index contributed by atoms with van der Waals surface area (Å²) in [7, 11) is 0. The molecule has 0 aliphatic carbocycles. The lowest BCUT2D eigenvalue weighted by Gasteiger charge is -2.18. The van der Waals surface area contributed by atoms with Crippen molar-refractivity contribution >= 4 is 5.97 Å². The molecule has 110 valence electrons. The number of pyridine rings is 1. The average molecular weight is 289 g/mol. The molecule has 4 nitrogen and oxygen atoms in total. The van der Waals surface area contributed by atoms with E-state index in [9.17, 15) is 9.18 Å². The number of carbonyl (C=O) groups is 1. The second-order valence-electron chi connectivity index (χ2n) is 5.66. The standard InChI is InChI=1S/C16H16FNO3/c1-16(2,3)10-7-8-13(18-9-10)21-12-6-4-5-11(17)14(12)15(19)20/h4-9H,1-3H3,(H,19,20). The van der Waals surface area contributed by atoms with Gasteiger partial charge in [-0.15, -0.1) is 0 Å². The molecule has 1 aromatic carbocycles. The van der Waals surface area contributed by atoms with Gasteiger partial charge in [-0.05, 0) is 23.1 Å². The minimum atomic E-state index is -1.38. The molecule has 5 heteroatoms. The van der Waals surface area contributed by atoms with Gasteiger partial charge in [0.1, 0.15) is 17.1 Å². The summed E-state index contributed by atoms with van der Waals surface area (Å²) in [5.74, 6) is -2.07. The third-order valence-corrected chi connectivity index (χ3v) is 3.01. The third-order valence-electron chi connectivity index (χ3n) is 3.01. The van der Waals surface area contributed by atoms with E-state index in [4.69, 9.17) is 9.84 Å². The number of ether oxygens (including phenoxy) is 1. The lowest BCUT2D eigenvalue weighted by molar-refractivity contribution is 0.0689. The topological polar surface area (TPSA) is 59.4 Å². The molecule has 1 N–H and O–H groups in total. The number of halogens is 1. The van der Waals surface area contributed by atoms with Crippen molar-refractivity contribution in [2.75, 3.05) is 0 Å². The van der Waals surface area contributed by atoms with Crippen molar-refractivity contribution in [1.82, 2.24) is 4.98 Å². The maximum absolute atomic E-state index is 13.5. The Balaban J connectivity index is 2.31. The summed E-state index contributed by atoms with van der Waals surface area (Å²) in [6.07, 6.45) is 1.66.